The molecule has 1 amide bonds. The van der Waals surface area contributed by atoms with Crippen LogP contribution in [0.3, 0.4) is 0 Å². The van der Waals surface area contributed by atoms with Crippen LogP contribution in [0.25, 0.3) is 0 Å². The number of para-hydroxylation sites is 2. The molecule has 33 heavy (non-hydrogen) atoms. The van der Waals surface area contributed by atoms with E-state index in [1.807, 2.05) is 0 Å². The van der Waals surface area contributed by atoms with Gasteiger partial charge >= 0.3 is 0 Å². The molecule has 3 rings (SSSR count). The Kier molecular flexibility index (Phi) is 7.29. The van der Waals surface area contributed by atoms with Gasteiger partial charge in [-0.15, -0.1) is 0 Å². The van der Waals surface area contributed by atoms with Crippen molar-refractivity contribution in [3.63, 3.8) is 0 Å². The first-order valence-corrected chi connectivity index (χ1v) is 11.6. The molecule has 13 heteroatoms. The van der Waals surface area contributed by atoms with Crippen LogP contribution in [0.5, 0.6) is 0 Å². The molecule has 174 valence electrons. The summed E-state index contributed by atoms with van der Waals surface area (Å²) >= 11 is 6.18. The van der Waals surface area contributed by atoms with Gasteiger partial charge in [-0.25, -0.2) is 22.2 Å². The molecule has 0 saturated heterocycles. The van der Waals surface area contributed by atoms with Crippen molar-refractivity contribution in [1.29, 1.82) is 0 Å². The summed E-state index contributed by atoms with van der Waals surface area (Å²) < 4.78 is 52.4. The third kappa shape index (κ3) is 6.05. The van der Waals surface area contributed by atoms with Gasteiger partial charge < -0.3 is 16.4 Å². The van der Waals surface area contributed by atoms with Gasteiger partial charge in [0.2, 0.25) is 21.9 Å². The zero-order chi connectivity index (χ0) is 24.2. The maximum atomic E-state index is 13.5. The largest absolute Gasteiger partial charge is 0.366 e. The summed E-state index contributed by atoms with van der Waals surface area (Å²) in [5.74, 6) is -0.770. The van der Waals surface area contributed by atoms with E-state index in [9.17, 15) is 22.0 Å². The van der Waals surface area contributed by atoms with Crippen LogP contribution < -0.4 is 21.1 Å². The lowest BCUT2D eigenvalue weighted by atomic mass is 10.0. The van der Waals surface area contributed by atoms with E-state index in [1.165, 1.54) is 18.3 Å². The molecule has 0 saturated carbocycles. The number of aromatic nitrogens is 2. The molecule has 0 radical (unpaired) electrons. The molecule has 0 unspecified atom stereocenters. The maximum absolute atomic E-state index is 13.5. The van der Waals surface area contributed by atoms with E-state index in [2.05, 4.69) is 25.3 Å². The van der Waals surface area contributed by atoms with Crippen LogP contribution in [0, 0.1) is 0 Å². The smallest absolute Gasteiger partial charge is 0.249 e. The zero-order valence-corrected chi connectivity index (χ0v) is 18.8. The molecule has 9 nitrogen and oxygen atoms in total. The molecular weight excluding hydrogens is 478 g/mol. The number of nitrogens with one attached hydrogen (secondary N) is 3. The van der Waals surface area contributed by atoms with Crippen molar-refractivity contribution >= 4 is 56.4 Å². The number of carbonyl (C=O) groups is 1. The van der Waals surface area contributed by atoms with Crippen LogP contribution in [0.2, 0.25) is 5.02 Å². The predicted octanol–water partition coefficient (Wildman–Crippen LogP) is 4.03. The van der Waals surface area contributed by atoms with Gasteiger partial charge in [0.15, 0.2) is 5.82 Å². The number of anilines is 5. The Balaban J connectivity index is 1.96. The number of rotatable bonds is 9. The minimum Gasteiger partial charge on any atom is -0.366 e. The molecule has 1 aromatic heterocycles. The number of hydrogen-bond donors (Lipinski definition) is 4. The van der Waals surface area contributed by atoms with Gasteiger partial charge in [0.1, 0.15) is 18.4 Å². The van der Waals surface area contributed by atoms with Crippen molar-refractivity contribution in [2.24, 2.45) is 5.73 Å². The Hall–Kier alpha value is -3.51. The highest BCUT2D eigenvalue weighted by atomic mass is 35.5. The first kappa shape index (κ1) is 24.1. The number of hydrogen-bond acceptors (Lipinski definition) is 7. The van der Waals surface area contributed by atoms with Crippen LogP contribution in [-0.4, -0.2) is 30.5 Å². The van der Waals surface area contributed by atoms with E-state index < -0.39 is 29.3 Å². The molecule has 0 atom stereocenters. The number of amides is 1. The third-order valence-corrected chi connectivity index (χ3v) is 5.22. The van der Waals surface area contributed by atoms with Crippen molar-refractivity contribution < 1.29 is 22.0 Å². The fourth-order valence-corrected chi connectivity index (χ4v) is 3.62. The van der Waals surface area contributed by atoms with E-state index in [1.54, 1.807) is 24.3 Å². The van der Waals surface area contributed by atoms with Crippen molar-refractivity contribution in [2.45, 2.75) is 13.3 Å². The number of primary amides is 1. The van der Waals surface area contributed by atoms with Gasteiger partial charge in [-0.3, -0.25) is 9.52 Å². The Morgan fingerprint density at radius 3 is 2.33 bits per heavy atom. The van der Waals surface area contributed by atoms with E-state index in [0.717, 1.165) is 6.26 Å². The number of benzene rings is 2. The SMILES string of the molecule is CS(=O)(=O)Nc1ccccc1Nc1nc(Nc2cc(C(N)=O)c(CF)cc2CF)ncc1Cl. The highest BCUT2D eigenvalue weighted by Crippen LogP contribution is 2.31. The van der Waals surface area contributed by atoms with Gasteiger partial charge in [0, 0.05) is 16.8 Å². The zero-order valence-electron chi connectivity index (χ0n) is 17.2. The number of sulfonamides is 1. The summed E-state index contributed by atoms with van der Waals surface area (Å²) in [6.07, 6.45) is 2.28. The fraction of sp³-hybridized carbons (Fsp3) is 0.150. The summed E-state index contributed by atoms with van der Waals surface area (Å²) in [6.45, 7) is -1.93. The number of nitrogens with two attached hydrogens (primary N) is 1. The van der Waals surface area contributed by atoms with E-state index in [0.29, 0.717) is 5.69 Å². The van der Waals surface area contributed by atoms with Crippen LogP contribution >= 0.6 is 11.6 Å². The van der Waals surface area contributed by atoms with Crippen molar-refractivity contribution in [3.8, 4) is 0 Å². The second-order valence-corrected chi connectivity index (χ2v) is 9.01. The second kappa shape index (κ2) is 9.96. The van der Waals surface area contributed by atoms with Gasteiger partial charge in [-0.1, -0.05) is 23.7 Å². The number of alkyl halides is 2. The number of halogens is 3. The van der Waals surface area contributed by atoms with Crippen LogP contribution in [0.4, 0.5) is 37.6 Å². The molecule has 0 bridgehead atoms. The first-order valence-electron chi connectivity index (χ1n) is 9.32. The predicted molar refractivity (Wildman–Crippen MR) is 123 cm³/mol. The molecule has 0 aliphatic rings. The first-order chi connectivity index (χ1) is 15.6. The average molecular weight is 497 g/mol. The van der Waals surface area contributed by atoms with Crippen LogP contribution in [0.15, 0.2) is 42.6 Å². The lowest BCUT2D eigenvalue weighted by Crippen LogP contribution is -2.15. The minimum absolute atomic E-state index is 0.0198. The van der Waals surface area contributed by atoms with E-state index in [4.69, 9.17) is 17.3 Å². The molecule has 0 fully saturated rings. The second-order valence-electron chi connectivity index (χ2n) is 6.86. The summed E-state index contributed by atoms with van der Waals surface area (Å²) in [5, 5.41) is 5.81. The normalized spacial score (nSPS) is 11.2. The lowest BCUT2D eigenvalue weighted by molar-refractivity contribution is 0.0998. The minimum atomic E-state index is -3.54. The summed E-state index contributed by atoms with van der Waals surface area (Å²) in [4.78, 5) is 19.9. The van der Waals surface area contributed by atoms with Gasteiger partial charge in [0.25, 0.3) is 0 Å². The molecule has 2 aromatic carbocycles. The Morgan fingerprint density at radius 2 is 1.73 bits per heavy atom. The average Bonchev–Trinajstić information content (AvgIpc) is 2.76. The standard InChI is InChI=1S/C20H19ClF2N6O3S/c1-33(31,32)29-16-5-3-2-4-15(16)26-19-14(21)10-25-20(28-19)27-17-7-13(18(24)30)11(8-22)6-12(17)9-23/h2-7,10,29H,8-9H2,1H3,(H2,24,30)(H2,25,26,27,28). The highest BCUT2D eigenvalue weighted by molar-refractivity contribution is 7.92. The van der Waals surface area contributed by atoms with E-state index in [-0.39, 0.29) is 44.9 Å². The van der Waals surface area contributed by atoms with Gasteiger partial charge in [0.05, 0.1) is 23.8 Å². The van der Waals surface area contributed by atoms with Crippen LogP contribution in [-0.2, 0) is 23.4 Å². The maximum Gasteiger partial charge on any atom is 0.249 e. The Bertz CT molecular complexity index is 1310. The molecule has 0 aliphatic heterocycles. The van der Waals surface area contributed by atoms with Gasteiger partial charge in [-0.2, -0.15) is 4.98 Å². The molecular formula is C20H19ClF2N6O3S. The molecule has 3 aromatic rings. The summed E-state index contributed by atoms with van der Waals surface area (Å²) in [7, 11) is -3.54. The molecule has 1 heterocycles. The van der Waals surface area contributed by atoms with Crippen molar-refractivity contribution in [2.75, 3.05) is 21.6 Å². The lowest BCUT2D eigenvalue weighted by Gasteiger charge is -2.15. The van der Waals surface area contributed by atoms with Crippen molar-refractivity contribution in [1.82, 2.24) is 9.97 Å². The molecule has 0 aliphatic carbocycles. The quantitative estimate of drug-likeness (QED) is 0.350. The number of nitrogens with zero attached hydrogens (tertiary/aromatic N) is 2. The number of carbonyl (C=O) groups excluding carboxylic acids is 1. The van der Waals surface area contributed by atoms with Crippen LogP contribution in [0.1, 0.15) is 21.5 Å². The van der Waals surface area contributed by atoms with E-state index >= 15 is 0 Å². The topological polar surface area (TPSA) is 139 Å². The molecule has 0 spiro atoms. The Labute approximate surface area is 193 Å². The highest BCUT2D eigenvalue weighted by Gasteiger charge is 2.16. The molecule has 5 N–H and O–H groups in total. The third-order valence-electron chi connectivity index (χ3n) is 4.35. The van der Waals surface area contributed by atoms with Gasteiger partial charge in [-0.05, 0) is 29.8 Å². The summed E-state index contributed by atoms with van der Waals surface area (Å²) in [6, 6.07) is 8.89. The fourth-order valence-electron chi connectivity index (χ4n) is 2.91. The Morgan fingerprint density at radius 1 is 1.06 bits per heavy atom. The van der Waals surface area contributed by atoms with Crippen molar-refractivity contribution in [3.05, 3.63) is 64.3 Å². The monoisotopic (exact) mass is 496 g/mol. The summed E-state index contributed by atoms with van der Waals surface area (Å²) in [5.41, 5.74) is 5.98.